The van der Waals surface area contributed by atoms with Gasteiger partial charge in [-0.1, -0.05) is 22.6 Å². The summed E-state index contributed by atoms with van der Waals surface area (Å²) in [6.45, 7) is 4.07. The second kappa shape index (κ2) is 4.64. The molecule has 0 fully saturated rings. The number of nitrogens with zero attached hydrogens (tertiary/aromatic N) is 1. The Kier molecular flexibility index (Phi) is 3.77. The fourth-order valence-corrected chi connectivity index (χ4v) is 1.36. The van der Waals surface area contributed by atoms with E-state index >= 15 is 0 Å². The highest BCUT2D eigenvalue weighted by Crippen LogP contribution is 2.19. The average Bonchev–Trinajstić information content (AvgIpc) is 2.03. The highest BCUT2D eigenvalue weighted by atomic mass is 127. The molecule has 13 heavy (non-hydrogen) atoms. The van der Waals surface area contributed by atoms with Crippen molar-refractivity contribution in [3.8, 4) is 5.75 Å². The number of aromatic nitrogens is 1. The predicted octanol–water partition coefficient (Wildman–Crippen LogP) is 2.59. The summed E-state index contributed by atoms with van der Waals surface area (Å²) in [6, 6.07) is 1.98. The first-order valence-electron chi connectivity index (χ1n) is 4.04. The smallest absolute Gasteiger partial charge is 0.140 e. The molecule has 4 heteroatoms. The van der Waals surface area contributed by atoms with E-state index in [4.69, 9.17) is 4.74 Å². The average molecular weight is 292 g/mol. The molecule has 0 saturated heterocycles. The molecule has 1 unspecified atom stereocenters. The van der Waals surface area contributed by atoms with Gasteiger partial charge in [-0.25, -0.2) is 4.98 Å². The lowest BCUT2D eigenvalue weighted by atomic mass is 10.3. The van der Waals surface area contributed by atoms with E-state index in [1.807, 2.05) is 13.0 Å². The van der Waals surface area contributed by atoms with Gasteiger partial charge in [-0.05, 0) is 25.5 Å². The Morgan fingerprint density at radius 2 is 2.31 bits per heavy atom. The Labute approximate surface area is 92.0 Å². The summed E-state index contributed by atoms with van der Waals surface area (Å²) in [7, 11) is 1.65. The maximum atomic E-state index is 5.11. The van der Waals surface area contributed by atoms with Crippen molar-refractivity contribution in [2.45, 2.75) is 17.9 Å². The minimum absolute atomic E-state index is 0.373. The number of nitrogens with one attached hydrogen (secondary N) is 1. The first-order valence-corrected chi connectivity index (χ1v) is 5.29. The molecule has 0 saturated carbocycles. The number of pyridine rings is 1. The van der Waals surface area contributed by atoms with Crippen molar-refractivity contribution in [1.82, 2.24) is 4.98 Å². The van der Waals surface area contributed by atoms with Gasteiger partial charge in [-0.2, -0.15) is 0 Å². The summed E-state index contributed by atoms with van der Waals surface area (Å²) in [4.78, 5) is 4.21. The number of ether oxygens (including phenoxy) is 1. The maximum absolute atomic E-state index is 5.11. The monoisotopic (exact) mass is 292 g/mol. The van der Waals surface area contributed by atoms with E-state index in [1.165, 1.54) is 0 Å². The van der Waals surface area contributed by atoms with Gasteiger partial charge in [-0.3, -0.25) is 0 Å². The van der Waals surface area contributed by atoms with E-state index in [0.29, 0.717) is 4.05 Å². The number of anilines is 1. The van der Waals surface area contributed by atoms with Crippen LogP contribution in [0.2, 0.25) is 0 Å². The summed E-state index contributed by atoms with van der Waals surface area (Å²) in [5.41, 5.74) is 1.09. The lowest BCUT2D eigenvalue weighted by Gasteiger charge is -2.09. The summed E-state index contributed by atoms with van der Waals surface area (Å²) >= 11 is 2.29. The van der Waals surface area contributed by atoms with E-state index in [1.54, 1.807) is 13.3 Å². The number of aryl methyl sites for hydroxylation is 1. The second-order valence-corrected chi connectivity index (χ2v) is 4.67. The van der Waals surface area contributed by atoms with Gasteiger partial charge >= 0.3 is 0 Å². The zero-order valence-electron chi connectivity index (χ0n) is 7.97. The van der Waals surface area contributed by atoms with E-state index in [-0.39, 0.29) is 0 Å². The third-order valence-corrected chi connectivity index (χ3v) is 1.94. The zero-order valence-corrected chi connectivity index (χ0v) is 10.1. The molecule has 0 aromatic carbocycles. The normalized spacial score (nSPS) is 12.3. The van der Waals surface area contributed by atoms with Crippen molar-refractivity contribution in [2.24, 2.45) is 0 Å². The number of hydrogen-bond donors (Lipinski definition) is 1. The summed E-state index contributed by atoms with van der Waals surface area (Å²) in [6.07, 6.45) is 1.73. The highest BCUT2D eigenvalue weighted by Gasteiger charge is 2.02. The third-order valence-electron chi connectivity index (χ3n) is 1.63. The van der Waals surface area contributed by atoms with Crippen LogP contribution in [0.25, 0.3) is 0 Å². The molecule has 0 bridgehead atoms. The van der Waals surface area contributed by atoms with Crippen LogP contribution < -0.4 is 10.1 Å². The van der Waals surface area contributed by atoms with Crippen LogP contribution >= 0.6 is 22.6 Å². The van der Waals surface area contributed by atoms with Crippen LogP contribution in [-0.2, 0) is 0 Å². The Bertz CT molecular complexity index is 289. The molecule has 3 nitrogen and oxygen atoms in total. The summed E-state index contributed by atoms with van der Waals surface area (Å²) in [5, 5.41) is 3.22. The fourth-order valence-electron chi connectivity index (χ4n) is 1.04. The minimum Gasteiger partial charge on any atom is -0.495 e. The molecule has 1 N–H and O–H groups in total. The number of rotatable bonds is 3. The lowest BCUT2D eigenvalue weighted by molar-refractivity contribution is 0.410. The molecule has 0 amide bonds. The first-order chi connectivity index (χ1) is 6.13. The van der Waals surface area contributed by atoms with E-state index < -0.39 is 0 Å². The fraction of sp³-hybridized carbons (Fsp3) is 0.444. The minimum atomic E-state index is 0.373. The largest absolute Gasteiger partial charge is 0.495 e. The molecule has 1 heterocycles. The van der Waals surface area contributed by atoms with Gasteiger partial charge in [0.15, 0.2) is 0 Å². The van der Waals surface area contributed by atoms with E-state index in [9.17, 15) is 0 Å². The number of halogens is 1. The van der Waals surface area contributed by atoms with Crippen LogP contribution in [-0.4, -0.2) is 16.1 Å². The van der Waals surface area contributed by atoms with Crippen LogP contribution in [0, 0.1) is 6.92 Å². The van der Waals surface area contributed by atoms with Crippen molar-refractivity contribution in [1.29, 1.82) is 0 Å². The van der Waals surface area contributed by atoms with Crippen LogP contribution in [0.4, 0.5) is 5.82 Å². The molecule has 1 aromatic heterocycles. The Hall–Kier alpha value is -0.520. The van der Waals surface area contributed by atoms with Crippen LogP contribution in [0.5, 0.6) is 5.75 Å². The molecule has 0 aliphatic heterocycles. The van der Waals surface area contributed by atoms with E-state index in [2.05, 4.69) is 39.8 Å². The standard InChI is InChI=1S/C9H13IN2O/c1-6-4-9(12-7(2)10)11-5-8(6)13-3/h4-5,7H,1-3H3,(H,11,12). The molecule has 1 aromatic rings. The first kappa shape index (κ1) is 10.6. The SMILES string of the molecule is COc1cnc(NC(C)I)cc1C. The van der Waals surface area contributed by atoms with Crippen LogP contribution in [0.15, 0.2) is 12.3 Å². The molecule has 0 aliphatic rings. The second-order valence-electron chi connectivity index (χ2n) is 2.80. The summed E-state index contributed by atoms with van der Waals surface area (Å²) in [5.74, 6) is 1.71. The van der Waals surface area contributed by atoms with Crippen molar-refractivity contribution >= 4 is 28.4 Å². The zero-order chi connectivity index (χ0) is 9.84. The quantitative estimate of drug-likeness (QED) is 0.528. The topological polar surface area (TPSA) is 34.1 Å². The van der Waals surface area contributed by atoms with E-state index in [0.717, 1.165) is 17.1 Å². The van der Waals surface area contributed by atoms with Gasteiger partial charge in [0.2, 0.25) is 0 Å². The molecule has 72 valence electrons. The molecular weight excluding hydrogens is 279 g/mol. The molecule has 1 rings (SSSR count). The highest BCUT2D eigenvalue weighted by molar-refractivity contribution is 14.1. The van der Waals surface area contributed by atoms with Gasteiger partial charge in [0, 0.05) is 0 Å². The molecule has 0 radical (unpaired) electrons. The van der Waals surface area contributed by atoms with Gasteiger partial charge in [0.25, 0.3) is 0 Å². The molecular formula is C9H13IN2O. The Morgan fingerprint density at radius 3 is 2.77 bits per heavy atom. The van der Waals surface area contributed by atoms with Crippen molar-refractivity contribution in [3.05, 3.63) is 17.8 Å². The Balaban J connectivity index is 2.83. The number of alkyl halides is 1. The van der Waals surface area contributed by atoms with Gasteiger partial charge in [0.05, 0.1) is 17.4 Å². The molecule has 0 spiro atoms. The summed E-state index contributed by atoms with van der Waals surface area (Å²) < 4.78 is 5.49. The van der Waals surface area contributed by atoms with Gasteiger partial charge in [0.1, 0.15) is 11.6 Å². The van der Waals surface area contributed by atoms with Crippen molar-refractivity contribution < 1.29 is 4.74 Å². The van der Waals surface area contributed by atoms with Gasteiger partial charge < -0.3 is 10.1 Å². The predicted molar refractivity (Wildman–Crippen MR) is 62.6 cm³/mol. The molecule has 1 atom stereocenters. The Morgan fingerprint density at radius 1 is 1.62 bits per heavy atom. The lowest BCUT2D eigenvalue weighted by Crippen LogP contribution is -2.07. The van der Waals surface area contributed by atoms with Crippen molar-refractivity contribution in [2.75, 3.05) is 12.4 Å². The van der Waals surface area contributed by atoms with Gasteiger partial charge in [-0.15, -0.1) is 0 Å². The number of methoxy groups -OCH3 is 1. The maximum Gasteiger partial charge on any atom is 0.140 e. The van der Waals surface area contributed by atoms with Crippen LogP contribution in [0.1, 0.15) is 12.5 Å². The van der Waals surface area contributed by atoms with Crippen molar-refractivity contribution in [3.63, 3.8) is 0 Å². The number of hydrogen-bond acceptors (Lipinski definition) is 3. The van der Waals surface area contributed by atoms with Crippen LogP contribution in [0.3, 0.4) is 0 Å². The third kappa shape index (κ3) is 3.02. The molecule has 0 aliphatic carbocycles.